The van der Waals surface area contributed by atoms with Crippen molar-refractivity contribution in [2.45, 2.75) is 34.2 Å². The lowest BCUT2D eigenvalue weighted by molar-refractivity contribution is 1.02. The maximum absolute atomic E-state index is 4.50. The Kier molecular flexibility index (Phi) is 2.93. The fourth-order valence-corrected chi connectivity index (χ4v) is 2.39. The molecule has 3 heterocycles. The van der Waals surface area contributed by atoms with Crippen LogP contribution in [-0.2, 0) is 6.54 Å². The second-order valence-electron chi connectivity index (χ2n) is 5.10. The van der Waals surface area contributed by atoms with Crippen molar-refractivity contribution >= 4 is 16.9 Å². The minimum atomic E-state index is 0.698. The van der Waals surface area contributed by atoms with Crippen molar-refractivity contribution in [2.24, 2.45) is 0 Å². The number of H-pyrrole nitrogens is 2. The van der Waals surface area contributed by atoms with E-state index in [1.54, 1.807) is 0 Å². The van der Waals surface area contributed by atoms with Gasteiger partial charge in [0.15, 0.2) is 0 Å². The van der Waals surface area contributed by atoms with E-state index in [0.717, 1.165) is 39.8 Å². The van der Waals surface area contributed by atoms with Crippen LogP contribution in [0, 0.1) is 27.7 Å². The van der Waals surface area contributed by atoms with Gasteiger partial charge in [0.1, 0.15) is 17.3 Å². The van der Waals surface area contributed by atoms with E-state index in [4.69, 9.17) is 0 Å². The van der Waals surface area contributed by atoms with Gasteiger partial charge in [0.05, 0.1) is 11.1 Å². The van der Waals surface area contributed by atoms with Crippen molar-refractivity contribution in [3.63, 3.8) is 0 Å². The highest BCUT2D eigenvalue weighted by Crippen LogP contribution is 2.22. The van der Waals surface area contributed by atoms with Crippen molar-refractivity contribution in [3.8, 4) is 0 Å². The third-order valence-corrected chi connectivity index (χ3v) is 3.45. The van der Waals surface area contributed by atoms with Crippen LogP contribution in [0.1, 0.15) is 28.5 Å². The van der Waals surface area contributed by atoms with Gasteiger partial charge in [0.25, 0.3) is 0 Å². The summed E-state index contributed by atoms with van der Waals surface area (Å²) in [5.41, 5.74) is 5.24. The molecule has 20 heavy (non-hydrogen) atoms. The summed E-state index contributed by atoms with van der Waals surface area (Å²) >= 11 is 0. The largest absolute Gasteiger partial charge is 0.365 e. The van der Waals surface area contributed by atoms with Gasteiger partial charge in [-0.15, -0.1) is 0 Å². The van der Waals surface area contributed by atoms with Crippen molar-refractivity contribution in [1.29, 1.82) is 0 Å². The number of anilines is 1. The fraction of sp³-hybridized carbons (Fsp3) is 0.357. The van der Waals surface area contributed by atoms with E-state index in [-0.39, 0.29) is 0 Å². The monoisotopic (exact) mass is 270 g/mol. The molecule has 0 aliphatic rings. The van der Waals surface area contributed by atoms with Crippen LogP contribution in [-0.4, -0.2) is 25.1 Å². The standard InChI is InChI=1S/C14H18N6/c1-7-5-11-13(17-10(4)18-14(11)16-7)15-6-12-8(2)19-20-9(12)3/h5H,6H2,1-4H3,(H,19,20)(H2,15,16,17,18). The third kappa shape index (κ3) is 2.13. The highest BCUT2D eigenvalue weighted by Gasteiger charge is 2.10. The first kappa shape index (κ1) is 12.7. The van der Waals surface area contributed by atoms with Gasteiger partial charge in [0, 0.05) is 23.5 Å². The normalized spacial score (nSPS) is 11.2. The molecule has 0 amide bonds. The second kappa shape index (κ2) is 4.63. The topological polar surface area (TPSA) is 82.3 Å². The van der Waals surface area contributed by atoms with Crippen LogP contribution in [0.15, 0.2) is 6.07 Å². The van der Waals surface area contributed by atoms with Crippen molar-refractivity contribution < 1.29 is 0 Å². The van der Waals surface area contributed by atoms with E-state index in [1.807, 2.05) is 27.7 Å². The Morgan fingerprint density at radius 1 is 1.15 bits per heavy atom. The minimum absolute atomic E-state index is 0.698. The Labute approximate surface area is 117 Å². The maximum Gasteiger partial charge on any atom is 0.143 e. The number of nitrogens with one attached hydrogen (secondary N) is 3. The molecule has 0 atom stereocenters. The van der Waals surface area contributed by atoms with Crippen molar-refractivity contribution in [2.75, 3.05) is 5.32 Å². The Morgan fingerprint density at radius 3 is 2.65 bits per heavy atom. The van der Waals surface area contributed by atoms with Gasteiger partial charge in [-0.2, -0.15) is 5.10 Å². The Hall–Kier alpha value is -2.37. The van der Waals surface area contributed by atoms with E-state index < -0.39 is 0 Å². The number of hydrogen-bond donors (Lipinski definition) is 3. The van der Waals surface area contributed by atoms with E-state index in [0.29, 0.717) is 6.54 Å². The van der Waals surface area contributed by atoms with Gasteiger partial charge in [-0.05, 0) is 33.8 Å². The third-order valence-electron chi connectivity index (χ3n) is 3.45. The Morgan fingerprint density at radius 2 is 1.95 bits per heavy atom. The molecular weight excluding hydrogens is 252 g/mol. The molecule has 0 aromatic carbocycles. The average Bonchev–Trinajstić information content (AvgIpc) is 2.90. The van der Waals surface area contributed by atoms with Crippen LogP contribution in [0.25, 0.3) is 11.0 Å². The molecule has 0 fully saturated rings. The second-order valence-corrected chi connectivity index (χ2v) is 5.10. The predicted molar refractivity (Wildman–Crippen MR) is 78.8 cm³/mol. The zero-order valence-corrected chi connectivity index (χ0v) is 12.1. The molecule has 0 aliphatic heterocycles. The van der Waals surface area contributed by atoms with E-state index in [2.05, 4.69) is 36.5 Å². The van der Waals surface area contributed by atoms with Crippen LogP contribution in [0.2, 0.25) is 0 Å². The highest BCUT2D eigenvalue weighted by molar-refractivity contribution is 5.87. The average molecular weight is 270 g/mol. The smallest absolute Gasteiger partial charge is 0.143 e. The maximum atomic E-state index is 4.50. The van der Waals surface area contributed by atoms with Gasteiger partial charge < -0.3 is 10.3 Å². The number of hydrogen-bond acceptors (Lipinski definition) is 4. The highest BCUT2D eigenvalue weighted by atomic mass is 15.1. The molecular formula is C14H18N6. The molecule has 0 bridgehead atoms. The summed E-state index contributed by atoms with van der Waals surface area (Å²) in [5.74, 6) is 1.61. The molecule has 3 aromatic rings. The summed E-state index contributed by atoms with van der Waals surface area (Å²) < 4.78 is 0. The number of aromatic amines is 2. The zero-order valence-electron chi connectivity index (χ0n) is 12.1. The SMILES string of the molecule is Cc1nc(NCc2c(C)n[nH]c2C)c2cc(C)[nH]c2n1. The van der Waals surface area contributed by atoms with Crippen molar-refractivity contribution in [1.82, 2.24) is 25.1 Å². The number of nitrogens with zero attached hydrogens (tertiary/aromatic N) is 3. The van der Waals surface area contributed by atoms with Gasteiger partial charge in [0.2, 0.25) is 0 Å². The quantitative estimate of drug-likeness (QED) is 0.683. The van der Waals surface area contributed by atoms with Gasteiger partial charge >= 0.3 is 0 Å². The first-order valence-corrected chi connectivity index (χ1v) is 6.63. The number of aryl methyl sites for hydroxylation is 4. The zero-order chi connectivity index (χ0) is 14.3. The fourth-order valence-electron chi connectivity index (χ4n) is 2.39. The van der Waals surface area contributed by atoms with Gasteiger partial charge in [-0.3, -0.25) is 5.10 Å². The predicted octanol–water partition coefficient (Wildman–Crippen LogP) is 2.53. The van der Waals surface area contributed by atoms with Gasteiger partial charge in [-0.25, -0.2) is 9.97 Å². The lowest BCUT2D eigenvalue weighted by Crippen LogP contribution is -2.05. The molecule has 0 spiro atoms. The Balaban J connectivity index is 1.94. The van der Waals surface area contributed by atoms with E-state index in [1.165, 1.54) is 5.56 Å². The molecule has 104 valence electrons. The molecule has 6 nitrogen and oxygen atoms in total. The molecule has 0 aliphatic carbocycles. The van der Waals surface area contributed by atoms with Gasteiger partial charge in [-0.1, -0.05) is 0 Å². The van der Waals surface area contributed by atoms with Crippen LogP contribution >= 0.6 is 0 Å². The van der Waals surface area contributed by atoms with E-state index in [9.17, 15) is 0 Å². The molecule has 3 rings (SSSR count). The molecule has 0 saturated heterocycles. The molecule has 0 unspecified atom stereocenters. The minimum Gasteiger partial charge on any atom is -0.365 e. The van der Waals surface area contributed by atoms with Crippen LogP contribution in [0.5, 0.6) is 0 Å². The van der Waals surface area contributed by atoms with E-state index >= 15 is 0 Å². The summed E-state index contributed by atoms with van der Waals surface area (Å²) in [6.07, 6.45) is 0. The van der Waals surface area contributed by atoms with Crippen LogP contribution in [0.3, 0.4) is 0 Å². The first-order valence-electron chi connectivity index (χ1n) is 6.63. The molecule has 0 saturated carbocycles. The lowest BCUT2D eigenvalue weighted by atomic mass is 10.2. The molecule has 3 N–H and O–H groups in total. The molecule has 0 radical (unpaired) electrons. The van der Waals surface area contributed by atoms with Crippen LogP contribution < -0.4 is 5.32 Å². The summed E-state index contributed by atoms with van der Waals surface area (Å²) in [6, 6.07) is 2.06. The molecule has 6 heteroatoms. The summed E-state index contributed by atoms with van der Waals surface area (Å²) in [4.78, 5) is 12.2. The van der Waals surface area contributed by atoms with Crippen LogP contribution in [0.4, 0.5) is 5.82 Å². The summed E-state index contributed by atoms with van der Waals surface area (Å²) in [6.45, 7) is 8.64. The first-order chi connectivity index (χ1) is 9.54. The number of aromatic nitrogens is 5. The number of rotatable bonds is 3. The summed E-state index contributed by atoms with van der Waals surface area (Å²) in [7, 11) is 0. The lowest BCUT2D eigenvalue weighted by Gasteiger charge is -2.07. The number of fused-ring (bicyclic) bond motifs is 1. The van der Waals surface area contributed by atoms with Crippen molar-refractivity contribution in [3.05, 3.63) is 34.5 Å². The molecule has 3 aromatic heterocycles. The summed E-state index contributed by atoms with van der Waals surface area (Å²) in [5, 5.41) is 11.6. The Bertz CT molecular complexity index is 748.